The molecular weight excluding hydrogens is 561 g/mol. The van der Waals surface area contributed by atoms with Crippen LogP contribution in [-0.2, 0) is 28.4 Å². The van der Waals surface area contributed by atoms with Crippen molar-refractivity contribution in [3.8, 4) is 0 Å². The summed E-state index contributed by atoms with van der Waals surface area (Å²) in [4.78, 5) is 39.1. The number of aldehydes is 1. The summed E-state index contributed by atoms with van der Waals surface area (Å²) in [6.07, 6.45) is 7.36. The highest BCUT2D eigenvalue weighted by Gasteiger charge is 2.52. The molecule has 0 radical (unpaired) electrons. The first-order valence-electron chi connectivity index (χ1n) is 15.6. The fourth-order valence-electron chi connectivity index (χ4n) is 8.99. The van der Waals surface area contributed by atoms with Crippen molar-refractivity contribution in [3.63, 3.8) is 0 Å². The summed E-state index contributed by atoms with van der Waals surface area (Å²) in [5.41, 5.74) is 3.75. The number of carbonyl (C=O) groups excluding carboxylic acids is 3. The average Bonchev–Trinajstić information content (AvgIpc) is 3.26. The molecule has 0 spiro atoms. The van der Waals surface area contributed by atoms with Gasteiger partial charge in [0.15, 0.2) is 0 Å². The van der Waals surface area contributed by atoms with E-state index in [0.717, 1.165) is 41.1 Å². The number of benzene rings is 2. The monoisotopic (exact) mass is 607 g/mol. The molecule has 2 N–H and O–H groups in total. The van der Waals surface area contributed by atoms with Crippen LogP contribution in [-0.4, -0.2) is 41.6 Å². The lowest BCUT2D eigenvalue weighted by atomic mass is 9.50. The van der Waals surface area contributed by atoms with Crippen molar-refractivity contribution in [3.05, 3.63) is 64.5 Å². The van der Waals surface area contributed by atoms with Gasteiger partial charge in [-0.15, -0.1) is 11.8 Å². The van der Waals surface area contributed by atoms with Crippen molar-refractivity contribution in [2.75, 3.05) is 7.05 Å². The summed E-state index contributed by atoms with van der Waals surface area (Å²) in [6.45, 7) is 10.6. The minimum Gasteiger partial charge on any atom is -0.359 e. The summed E-state index contributed by atoms with van der Waals surface area (Å²) in [5, 5.41) is 6.38. The highest BCUT2D eigenvalue weighted by Crippen LogP contribution is 2.59. The average molecular weight is 608 g/mol. The zero-order valence-corrected chi connectivity index (χ0v) is 27.0. The fourth-order valence-corrected chi connectivity index (χ4v) is 10.1. The van der Waals surface area contributed by atoms with Gasteiger partial charge in [-0.3, -0.25) is 9.59 Å². The van der Waals surface area contributed by atoms with E-state index in [4.69, 9.17) is 0 Å². The molecule has 3 atom stereocenters. The molecule has 5 rings (SSSR count). The second kappa shape index (κ2) is 12.4. The second-order valence-electron chi connectivity index (χ2n) is 14.4. The third-order valence-electron chi connectivity index (χ3n) is 9.85. The predicted molar refractivity (Wildman–Crippen MR) is 169 cm³/mol. The first kappa shape index (κ1) is 31.7. The molecule has 2 bridgehead atoms. The molecule has 1 aliphatic heterocycles. The Morgan fingerprint density at radius 1 is 1.14 bits per heavy atom. The molecule has 0 saturated heterocycles. The lowest BCUT2D eigenvalue weighted by molar-refractivity contribution is -0.121. The molecule has 1 heterocycles. The van der Waals surface area contributed by atoms with Gasteiger partial charge in [-0.25, -0.2) is 4.39 Å². The van der Waals surface area contributed by atoms with Crippen molar-refractivity contribution in [1.82, 2.24) is 15.5 Å². The number of hydrogen-bond acceptors (Lipinski definition) is 5. The molecule has 2 aromatic carbocycles. The Hall–Kier alpha value is -2.71. The van der Waals surface area contributed by atoms with Gasteiger partial charge in [0.25, 0.3) is 5.91 Å². The Morgan fingerprint density at radius 2 is 1.86 bits per heavy atom. The molecule has 43 heavy (non-hydrogen) atoms. The highest BCUT2D eigenvalue weighted by atomic mass is 32.2. The van der Waals surface area contributed by atoms with Gasteiger partial charge in [-0.2, -0.15) is 0 Å². The molecule has 3 aliphatic rings. The van der Waals surface area contributed by atoms with E-state index < -0.39 is 6.04 Å². The van der Waals surface area contributed by atoms with Gasteiger partial charge in [0.1, 0.15) is 12.1 Å². The third kappa shape index (κ3) is 7.01. The van der Waals surface area contributed by atoms with Crippen molar-refractivity contribution in [2.45, 2.75) is 108 Å². The lowest BCUT2D eigenvalue weighted by Gasteiger charge is -2.58. The first-order valence-corrected chi connectivity index (χ1v) is 16.6. The van der Waals surface area contributed by atoms with Gasteiger partial charge in [0, 0.05) is 48.3 Å². The smallest absolute Gasteiger partial charge is 0.255 e. The van der Waals surface area contributed by atoms with E-state index in [0.29, 0.717) is 40.8 Å². The molecule has 2 aromatic rings. The molecule has 3 unspecified atom stereocenters. The van der Waals surface area contributed by atoms with Gasteiger partial charge in [-0.1, -0.05) is 39.0 Å². The maximum absolute atomic E-state index is 15.3. The number of carbonyl (C=O) groups is 3. The molecule has 8 heteroatoms. The molecule has 0 aromatic heterocycles. The molecular formula is C35H46FN3O3S. The van der Waals surface area contributed by atoms with Crippen LogP contribution in [0, 0.1) is 22.6 Å². The van der Waals surface area contributed by atoms with E-state index in [1.165, 1.54) is 35.9 Å². The standard InChI is InChI=1S/C35H46FN3O3S/c1-23-14-33(2)20-34(3,15-23)22-35(4,21-33)38-16-24-9-10-25(29(36)13-24)19-43-30-8-6-7-27-28(30)17-39(32(27)42)26(18-40)11-12-31(41)37-5/h6-10,13,18,23,26,38H,11-12,14-17,19-22H2,1-5H3,(H,37,41). The third-order valence-corrected chi connectivity index (χ3v) is 11.0. The van der Waals surface area contributed by atoms with Crippen LogP contribution >= 0.6 is 11.8 Å². The number of nitrogens with zero attached hydrogens (tertiary/aromatic N) is 1. The van der Waals surface area contributed by atoms with E-state index >= 15 is 4.39 Å². The van der Waals surface area contributed by atoms with Gasteiger partial charge < -0.3 is 20.3 Å². The minimum atomic E-state index is -0.668. The quantitative estimate of drug-likeness (QED) is 0.221. The van der Waals surface area contributed by atoms with E-state index in [-0.39, 0.29) is 36.0 Å². The summed E-state index contributed by atoms with van der Waals surface area (Å²) in [7, 11) is 1.55. The topological polar surface area (TPSA) is 78.5 Å². The maximum Gasteiger partial charge on any atom is 0.255 e. The largest absolute Gasteiger partial charge is 0.359 e. The van der Waals surface area contributed by atoms with Gasteiger partial charge in [0.05, 0.1) is 6.04 Å². The zero-order chi connectivity index (χ0) is 31.0. The van der Waals surface area contributed by atoms with Crippen LogP contribution in [0.15, 0.2) is 41.3 Å². The molecule has 2 amide bonds. The lowest BCUT2D eigenvalue weighted by Crippen LogP contribution is -2.56. The van der Waals surface area contributed by atoms with Crippen molar-refractivity contribution < 1.29 is 18.8 Å². The summed E-state index contributed by atoms with van der Waals surface area (Å²) >= 11 is 1.50. The van der Waals surface area contributed by atoms with Gasteiger partial charge >= 0.3 is 0 Å². The predicted octanol–water partition coefficient (Wildman–Crippen LogP) is 6.64. The number of halogens is 1. The van der Waals surface area contributed by atoms with E-state index in [2.05, 4.69) is 38.3 Å². The molecule has 2 fully saturated rings. The number of nitrogens with one attached hydrogen (secondary N) is 2. The number of rotatable bonds is 11. The number of thioether (sulfide) groups is 1. The van der Waals surface area contributed by atoms with Crippen LogP contribution < -0.4 is 10.6 Å². The molecule has 232 valence electrons. The minimum absolute atomic E-state index is 0.0389. The summed E-state index contributed by atoms with van der Waals surface area (Å²) in [6, 6.07) is 10.4. The Balaban J connectivity index is 1.21. The normalized spacial score (nSPS) is 28.8. The van der Waals surface area contributed by atoms with Gasteiger partial charge in [0.2, 0.25) is 5.91 Å². The number of hydrogen-bond donors (Lipinski definition) is 2. The number of fused-ring (bicyclic) bond motifs is 3. The van der Waals surface area contributed by atoms with E-state index in [1.807, 2.05) is 24.3 Å². The van der Waals surface area contributed by atoms with Crippen LogP contribution in [0.3, 0.4) is 0 Å². The molecule has 6 nitrogen and oxygen atoms in total. The molecule has 2 aliphatic carbocycles. The Morgan fingerprint density at radius 3 is 2.51 bits per heavy atom. The second-order valence-corrected chi connectivity index (χ2v) is 15.4. The van der Waals surface area contributed by atoms with Crippen molar-refractivity contribution in [1.29, 1.82) is 0 Å². The van der Waals surface area contributed by atoms with Crippen LogP contribution in [0.4, 0.5) is 4.39 Å². The SMILES string of the molecule is CNC(=O)CCC(C=O)N1Cc2c(SCc3ccc(CNC4(C)CC5(C)CC(C)CC(C)(C5)C4)cc3F)cccc2C1=O. The van der Waals surface area contributed by atoms with E-state index in [1.54, 1.807) is 19.2 Å². The first-order chi connectivity index (χ1) is 20.3. The van der Waals surface area contributed by atoms with Crippen molar-refractivity contribution >= 4 is 29.9 Å². The maximum atomic E-state index is 15.3. The van der Waals surface area contributed by atoms with Crippen molar-refractivity contribution in [2.24, 2.45) is 16.7 Å². The Kier molecular flexibility index (Phi) is 9.11. The van der Waals surface area contributed by atoms with Gasteiger partial charge in [-0.05, 0) is 97.1 Å². The van der Waals surface area contributed by atoms with Crippen LogP contribution in [0.2, 0.25) is 0 Å². The summed E-state index contributed by atoms with van der Waals surface area (Å²) < 4.78 is 15.3. The fraction of sp³-hybridized carbons (Fsp3) is 0.571. The zero-order valence-electron chi connectivity index (χ0n) is 26.2. The van der Waals surface area contributed by atoms with Crippen LogP contribution in [0.1, 0.15) is 99.7 Å². The summed E-state index contributed by atoms with van der Waals surface area (Å²) in [5.74, 6) is 0.621. The molecule has 2 saturated carbocycles. The van der Waals surface area contributed by atoms with Crippen LogP contribution in [0.5, 0.6) is 0 Å². The van der Waals surface area contributed by atoms with E-state index in [9.17, 15) is 14.4 Å². The highest BCUT2D eigenvalue weighted by molar-refractivity contribution is 7.98. The number of amides is 2. The Bertz CT molecular complexity index is 1380. The Labute approximate surface area is 259 Å². The van der Waals surface area contributed by atoms with Crippen LogP contribution in [0.25, 0.3) is 0 Å².